The highest BCUT2D eigenvalue weighted by molar-refractivity contribution is 5.88. The van der Waals surface area contributed by atoms with Gasteiger partial charge in [0.1, 0.15) is 12.4 Å². The zero-order valence-electron chi connectivity index (χ0n) is 20.1. The predicted molar refractivity (Wildman–Crippen MR) is 133 cm³/mol. The highest BCUT2D eigenvalue weighted by Gasteiger charge is 2.16. The van der Waals surface area contributed by atoms with E-state index in [9.17, 15) is 15.0 Å². The molecule has 32 heavy (non-hydrogen) atoms. The van der Waals surface area contributed by atoms with E-state index >= 15 is 0 Å². The summed E-state index contributed by atoms with van der Waals surface area (Å²) in [4.78, 5) is 12.6. The number of aromatic nitrogens is 1. The molecule has 5 heteroatoms. The number of hydrogen-bond donors (Lipinski definition) is 2. The summed E-state index contributed by atoms with van der Waals surface area (Å²) < 4.78 is 7.45. The number of fused-ring (bicyclic) bond motifs is 1. The number of aryl methyl sites for hydroxylation is 1. The Balaban J connectivity index is 2.13. The largest absolute Gasteiger partial charge is 0.504 e. The van der Waals surface area contributed by atoms with Gasteiger partial charge in [0.25, 0.3) is 5.56 Å². The lowest BCUT2D eigenvalue weighted by atomic mass is 10.1. The van der Waals surface area contributed by atoms with E-state index in [4.69, 9.17) is 4.74 Å². The third-order valence-electron chi connectivity index (χ3n) is 5.70. The van der Waals surface area contributed by atoms with Crippen LogP contribution in [-0.4, -0.2) is 21.4 Å². The molecule has 2 aromatic rings. The van der Waals surface area contributed by atoms with Crippen LogP contribution in [0.4, 0.5) is 0 Å². The maximum atomic E-state index is 12.6. The molecule has 1 aromatic carbocycles. The molecule has 2 rings (SSSR count). The quantitative estimate of drug-likeness (QED) is 0.263. The number of benzene rings is 1. The molecule has 0 radical (unpaired) electrons. The van der Waals surface area contributed by atoms with Crippen molar-refractivity contribution in [1.82, 2.24) is 4.57 Å². The van der Waals surface area contributed by atoms with E-state index in [0.29, 0.717) is 29.8 Å². The van der Waals surface area contributed by atoms with Crippen molar-refractivity contribution in [2.75, 3.05) is 6.61 Å². The average molecular weight is 442 g/mol. The standard InChI is InChI=1S/C27H39NO4/c1-5-6-7-8-9-10-17-28-24-19-22(14-15-23(24)25(29)26(30)27(28)31)32-18-16-21(4)13-11-12-20(2)3/h12,14-16,19,29-30H,5-11,13,17-18H2,1-4H3/b21-16+. The van der Waals surface area contributed by atoms with Crippen LogP contribution < -0.4 is 10.3 Å². The van der Waals surface area contributed by atoms with Gasteiger partial charge in [-0.1, -0.05) is 56.3 Å². The lowest BCUT2D eigenvalue weighted by Crippen LogP contribution is -2.20. The maximum absolute atomic E-state index is 12.6. The number of allylic oxidation sites excluding steroid dienone is 3. The van der Waals surface area contributed by atoms with Gasteiger partial charge >= 0.3 is 0 Å². The fourth-order valence-corrected chi connectivity index (χ4v) is 3.73. The smallest absolute Gasteiger partial charge is 0.297 e. The second-order valence-corrected chi connectivity index (χ2v) is 8.78. The fraction of sp³-hybridized carbons (Fsp3) is 0.519. The van der Waals surface area contributed by atoms with Gasteiger partial charge in [-0.2, -0.15) is 0 Å². The van der Waals surface area contributed by atoms with Crippen molar-refractivity contribution in [3.63, 3.8) is 0 Å². The first-order valence-electron chi connectivity index (χ1n) is 11.9. The van der Waals surface area contributed by atoms with Crippen LogP contribution in [0, 0.1) is 0 Å². The van der Waals surface area contributed by atoms with Crippen LogP contribution in [0.1, 0.15) is 79.1 Å². The molecule has 0 spiro atoms. The second kappa shape index (κ2) is 13.0. The van der Waals surface area contributed by atoms with Crippen molar-refractivity contribution in [2.45, 2.75) is 85.6 Å². The summed E-state index contributed by atoms with van der Waals surface area (Å²) in [5.74, 6) is -0.329. The van der Waals surface area contributed by atoms with E-state index < -0.39 is 11.3 Å². The lowest BCUT2D eigenvalue weighted by molar-refractivity contribution is 0.361. The molecule has 0 aliphatic rings. The molecule has 0 fully saturated rings. The van der Waals surface area contributed by atoms with Gasteiger partial charge in [-0.25, -0.2) is 0 Å². The average Bonchev–Trinajstić information content (AvgIpc) is 2.76. The molecular formula is C27H39NO4. The number of pyridine rings is 1. The zero-order chi connectivity index (χ0) is 23.5. The van der Waals surface area contributed by atoms with Crippen molar-refractivity contribution in [3.8, 4) is 17.2 Å². The number of unbranched alkanes of at least 4 members (excludes halogenated alkanes) is 5. The Morgan fingerprint density at radius 1 is 1.00 bits per heavy atom. The number of aromatic hydroxyl groups is 2. The summed E-state index contributed by atoms with van der Waals surface area (Å²) in [5.41, 5.74) is 2.62. The van der Waals surface area contributed by atoms with Crippen LogP contribution in [0.25, 0.3) is 10.9 Å². The molecule has 0 aliphatic heterocycles. The Labute approximate surface area is 192 Å². The van der Waals surface area contributed by atoms with E-state index in [-0.39, 0.29) is 5.75 Å². The highest BCUT2D eigenvalue weighted by atomic mass is 16.5. The van der Waals surface area contributed by atoms with Gasteiger partial charge in [0, 0.05) is 18.0 Å². The maximum Gasteiger partial charge on any atom is 0.297 e. The fourth-order valence-electron chi connectivity index (χ4n) is 3.73. The molecule has 0 atom stereocenters. The second-order valence-electron chi connectivity index (χ2n) is 8.78. The SMILES string of the molecule is CCCCCCCCn1c(=O)c(O)c(O)c2ccc(OC/C=C(\C)CCC=C(C)C)cc21. The van der Waals surface area contributed by atoms with Crippen molar-refractivity contribution < 1.29 is 14.9 Å². The predicted octanol–water partition coefficient (Wildman–Crippen LogP) is 6.84. The molecule has 0 bridgehead atoms. The van der Waals surface area contributed by atoms with Crippen molar-refractivity contribution >= 4 is 10.9 Å². The van der Waals surface area contributed by atoms with Crippen LogP contribution in [-0.2, 0) is 6.54 Å². The van der Waals surface area contributed by atoms with Crippen LogP contribution >= 0.6 is 0 Å². The third kappa shape index (κ3) is 7.47. The number of rotatable bonds is 13. The molecule has 0 unspecified atom stereocenters. The monoisotopic (exact) mass is 441 g/mol. The molecule has 1 aromatic heterocycles. The normalized spacial score (nSPS) is 11.7. The summed E-state index contributed by atoms with van der Waals surface area (Å²) in [6.07, 6.45) is 13.0. The number of nitrogens with zero attached hydrogens (tertiary/aromatic N) is 1. The highest BCUT2D eigenvalue weighted by Crippen LogP contribution is 2.32. The summed E-state index contributed by atoms with van der Waals surface area (Å²) in [7, 11) is 0. The van der Waals surface area contributed by atoms with Crippen molar-refractivity contribution in [2.24, 2.45) is 0 Å². The molecule has 2 N–H and O–H groups in total. The van der Waals surface area contributed by atoms with Crippen LogP contribution in [0.2, 0.25) is 0 Å². The first-order chi connectivity index (χ1) is 15.3. The minimum Gasteiger partial charge on any atom is -0.504 e. The Kier molecular flexibility index (Phi) is 10.4. The van der Waals surface area contributed by atoms with Gasteiger partial charge in [-0.3, -0.25) is 4.79 Å². The van der Waals surface area contributed by atoms with E-state index in [1.54, 1.807) is 22.8 Å². The molecule has 0 saturated carbocycles. The summed E-state index contributed by atoms with van der Waals surface area (Å²) >= 11 is 0. The molecule has 5 nitrogen and oxygen atoms in total. The van der Waals surface area contributed by atoms with Crippen molar-refractivity contribution in [1.29, 1.82) is 0 Å². The van der Waals surface area contributed by atoms with Crippen LogP contribution in [0.3, 0.4) is 0 Å². The minimum absolute atomic E-state index is 0.370. The molecule has 176 valence electrons. The number of ether oxygens (including phenoxy) is 1. The Morgan fingerprint density at radius 2 is 1.72 bits per heavy atom. The number of hydrogen-bond acceptors (Lipinski definition) is 4. The molecule has 0 aliphatic carbocycles. The lowest BCUT2D eigenvalue weighted by Gasteiger charge is -2.14. The van der Waals surface area contributed by atoms with E-state index in [2.05, 4.69) is 39.8 Å². The third-order valence-corrected chi connectivity index (χ3v) is 5.70. The Morgan fingerprint density at radius 3 is 2.44 bits per heavy atom. The zero-order valence-corrected chi connectivity index (χ0v) is 20.1. The molecule has 0 saturated heterocycles. The minimum atomic E-state index is -0.591. The Bertz CT molecular complexity index is 997. The summed E-state index contributed by atoms with van der Waals surface area (Å²) in [6, 6.07) is 5.23. The summed E-state index contributed by atoms with van der Waals surface area (Å²) in [5, 5.41) is 20.8. The van der Waals surface area contributed by atoms with Crippen molar-refractivity contribution in [3.05, 3.63) is 51.9 Å². The van der Waals surface area contributed by atoms with Gasteiger partial charge in [0.2, 0.25) is 5.75 Å². The van der Waals surface area contributed by atoms with Gasteiger partial charge in [0.15, 0.2) is 5.75 Å². The first-order valence-corrected chi connectivity index (χ1v) is 11.9. The van der Waals surface area contributed by atoms with Gasteiger partial charge < -0.3 is 19.5 Å². The van der Waals surface area contributed by atoms with Crippen LogP contribution in [0.5, 0.6) is 17.2 Å². The van der Waals surface area contributed by atoms with Gasteiger partial charge in [-0.05, 0) is 58.2 Å². The Hall–Kier alpha value is -2.69. The molecular weight excluding hydrogens is 402 g/mol. The van der Waals surface area contributed by atoms with E-state index in [0.717, 1.165) is 32.1 Å². The first kappa shape index (κ1) is 25.6. The van der Waals surface area contributed by atoms with Gasteiger partial charge in [-0.15, -0.1) is 0 Å². The molecule has 1 heterocycles. The topological polar surface area (TPSA) is 71.7 Å². The van der Waals surface area contributed by atoms with Gasteiger partial charge in [0.05, 0.1) is 5.52 Å². The van der Waals surface area contributed by atoms with E-state index in [1.807, 2.05) is 0 Å². The van der Waals surface area contributed by atoms with Crippen LogP contribution in [0.15, 0.2) is 46.3 Å². The summed E-state index contributed by atoms with van der Waals surface area (Å²) in [6.45, 7) is 9.44. The van der Waals surface area contributed by atoms with E-state index in [1.165, 1.54) is 30.4 Å². The molecule has 0 amide bonds.